The Morgan fingerprint density at radius 2 is 2.41 bits per heavy atom. The predicted molar refractivity (Wildman–Crippen MR) is 62.7 cm³/mol. The molecule has 0 aliphatic carbocycles. The Labute approximate surface area is 99.8 Å². The first kappa shape index (κ1) is 12.8. The molecule has 0 amide bonds. The van der Waals surface area contributed by atoms with Gasteiger partial charge in [-0.1, -0.05) is 0 Å². The van der Waals surface area contributed by atoms with Crippen LogP contribution in [0.1, 0.15) is 19.6 Å². The van der Waals surface area contributed by atoms with Gasteiger partial charge in [-0.15, -0.1) is 0 Å². The smallest absolute Gasteiger partial charge is 0.348 e. The van der Waals surface area contributed by atoms with Crippen molar-refractivity contribution in [1.29, 1.82) is 5.26 Å². The molecule has 0 saturated heterocycles. The Bertz CT molecular complexity index is 475. The van der Waals surface area contributed by atoms with Crippen molar-refractivity contribution < 1.29 is 13.9 Å². The minimum atomic E-state index is -0.609. The van der Waals surface area contributed by atoms with Crippen molar-refractivity contribution in [3.63, 3.8) is 0 Å². The molecule has 1 aromatic heterocycles. The van der Waals surface area contributed by atoms with Crippen molar-refractivity contribution in [2.45, 2.75) is 13.8 Å². The maximum Gasteiger partial charge on any atom is 0.348 e. The van der Waals surface area contributed by atoms with E-state index < -0.39 is 5.97 Å². The van der Waals surface area contributed by atoms with E-state index in [0.29, 0.717) is 5.76 Å². The van der Waals surface area contributed by atoms with Crippen molar-refractivity contribution in [3.8, 4) is 6.07 Å². The average molecular weight is 231 g/mol. The zero-order valence-electron chi connectivity index (χ0n) is 9.77. The second kappa shape index (κ2) is 6.33. The van der Waals surface area contributed by atoms with E-state index in [2.05, 4.69) is 0 Å². The third-order valence-corrected chi connectivity index (χ3v) is 1.90. The molecule has 0 spiro atoms. The van der Waals surface area contributed by atoms with Crippen molar-refractivity contribution in [2.24, 2.45) is 0 Å². The highest BCUT2D eigenvalue weighted by molar-refractivity contribution is 5.93. The quantitative estimate of drug-likeness (QED) is 0.346. The minimum absolute atomic E-state index is 0.0212. The van der Waals surface area contributed by atoms with Crippen LogP contribution >= 0.6 is 0 Å². The molecule has 4 nitrogen and oxygen atoms in total. The maximum absolute atomic E-state index is 11.3. The van der Waals surface area contributed by atoms with Crippen LogP contribution in [0.5, 0.6) is 0 Å². The Morgan fingerprint density at radius 1 is 1.65 bits per heavy atom. The number of hydrogen-bond donors (Lipinski definition) is 0. The van der Waals surface area contributed by atoms with Crippen LogP contribution in [-0.4, -0.2) is 12.6 Å². The van der Waals surface area contributed by atoms with Gasteiger partial charge in [0.15, 0.2) is 0 Å². The first-order chi connectivity index (χ1) is 8.17. The standard InChI is InChI=1S/C13H13NO3/c1-3-16-13(15)11(9-14)7-10(2)8-12-5-4-6-17-12/h4-8H,3H2,1-2H3/b10-8+,11-7-. The fourth-order valence-corrected chi connectivity index (χ4v) is 1.21. The lowest BCUT2D eigenvalue weighted by atomic mass is 10.1. The van der Waals surface area contributed by atoms with Crippen LogP contribution in [0.2, 0.25) is 0 Å². The SMILES string of the molecule is CCOC(=O)/C(C#N)=C\C(C)=C\c1ccco1. The number of nitriles is 1. The summed E-state index contributed by atoms with van der Waals surface area (Å²) in [6.07, 6.45) is 4.76. The summed E-state index contributed by atoms with van der Waals surface area (Å²) < 4.78 is 9.87. The number of esters is 1. The Hall–Kier alpha value is -2.28. The van der Waals surface area contributed by atoms with E-state index in [0.717, 1.165) is 5.57 Å². The number of nitrogens with zero attached hydrogens (tertiary/aromatic N) is 1. The van der Waals surface area contributed by atoms with E-state index in [9.17, 15) is 4.79 Å². The van der Waals surface area contributed by atoms with E-state index in [1.54, 1.807) is 38.3 Å². The molecule has 1 aromatic rings. The zero-order valence-corrected chi connectivity index (χ0v) is 9.77. The number of ether oxygens (including phenoxy) is 1. The number of hydrogen-bond acceptors (Lipinski definition) is 4. The Morgan fingerprint density at radius 3 is 2.94 bits per heavy atom. The molecule has 1 rings (SSSR count). The molecule has 17 heavy (non-hydrogen) atoms. The van der Waals surface area contributed by atoms with Crippen LogP contribution in [0.4, 0.5) is 0 Å². The van der Waals surface area contributed by atoms with Crippen molar-refractivity contribution in [2.75, 3.05) is 6.61 Å². The molecule has 0 aromatic carbocycles. The normalized spacial score (nSPS) is 12.1. The van der Waals surface area contributed by atoms with Crippen LogP contribution in [0, 0.1) is 11.3 Å². The Kier molecular flexibility index (Phi) is 4.77. The summed E-state index contributed by atoms with van der Waals surface area (Å²) in [5, 5.41) is 8.83. The largest absolute Gasteiger partial charge is 0.465 e. The van der Waals surface area contributed by atoms with Gasteiger partial charge in [0.25, 0.3) is 0 Å². The van der Waals surface area contributed by atoms with Gasteiger partial charge in [-0.2, -0.15) is 5.26 Å². The molecule has 88 valence electrons. The van der Waals surface area contributed by atoms with Crippen LogP contribution in [0.25, 0.3) is 6.08 Å². The van der Waals surface area contributed by atoms with Crippen LogP contribution in [0.3, 0.4) is 0 Å². The first-order valence-corrected chi connectivity index (χ1v) is 5.18. The van der Waals surface area contributed by atoms with Gasteiger partial charge in [-0.05, 0) is 43.7 Å². The highest BCUT2D eigenvalue weighted by atomic mass is 16.5. The van der Waals surface area contributed by atoms with Gasteiger partial charge < -0.3 is 9.15 Å². The average Bonchev–Trinajstić information content (AvgIpc) is 2.78. The van der Waals surface area contributed by atoms with Crippen molar-refractivity contribution in [1.82, 2.24) is 0 Å². The number of carbonyl (C=O) groups is 1. The molecule has 0 bridgehead atoms. The van der Waals surface area contributed by atoms with Crippen molar-refractivity contribution >= 4 is 12.0 Å². The van der Waals surface area contributed by atoms with Gasteiger partial charge in [0.1, 0.15) is 17.4 Å². The molecular weight excluding hydrogens is 218 g/mol. The second-order valence-electron chi connectivity index (χ2n) is 3.29. The summed E-state index contributed by atoms with van der Waals surface area (Å²) in [5.74, 6) is 0.0575. The molecule has 0 aliphatic heterocycles. The lowest BCUT2D eigenvalue weighted by Gasteiger charge is -1.99. The van der Waals surface area contributed by atoms with Gasteiger partial charge in [0.2, 0.25) is 0 Å². The molecule has 0 atom stereocenters. The predicted octanol–water partition coefficient (Wildman–Crippen LogP) is 2.70. The summed E-state index contributed by atoms with van der Waals surface area (Å²) in [5.41, 5.74) is 0.719. The van der Waals surface area contributed by atoms with Gasteiger partial charge in [-0.25, -0.2) is 4.79 Å². The van der Waals surface area contributed by atoms with E-state index in [1.165, 1.54) is 6.08 Å². The molecule has 0 fully saturated rings. The van der Waals surface area contributed by atoms with Crippen LogP contribution in [-0.2, 0) is 9.53 Å². The number of allylic oxidation sites excluding steroid dienone is 2. The van der Waals surface area contributed by atoms with E-state index in [-0.39, 0.29) is 12.2 Å². The molecule has 1 heterocycles. The summed E-state index contributed by atoms with van der Waals surface area (Å²) in [4.78, 5) is 11.3. The summed E-state index contributed by atoms with van der Waals surface area (Å²) >= 11 is 0. The second-order valence-corrected chi connectivity index (χ2v) is 3.29. The molecule has 0 aliphatic rings. The highest BCUT2D eigenvalue weighted by Gasteiger charge is 2.09. The number of furan rings is 1. The number of carbonyl (C=O) groups excluding carboxylic acids is 1. The zero-order chi connectivity index (χ0) is 12.7. The third kappa shape index (κ3) is 3.99. The fourth-order valence-electron chi connectivity index (χ4n) is 1.21. The molecule has 0 saturated carbocycles. The highest BCUT2D eigenvalue weighted by Crippen LogP contribution is 2.10. The first-order valence-electron chi connectivity index (χ1n) is 5.18. The molecule has 0 radical (unpaired) electrons. The van der Waals surface area contributed by atoms with E-state index in [1.807, 2.05) is 6.07 Å². The Balaban J connectivity index is 2.86. The molecule has 4 heteroatoms. The fraction of sp³-hybridized carbons (Fsp3) is 0.231. The topological polar surface area (TPSA) is 63.2 Å². The van der Waals surface area contributed by atoms with Crippen LogP contribution < -0.4 is 0 Å². The minimum Gasteiger partial charge on any atom is -0.465 e. The summed E-state index contributed by atoms with van der Waals surface area (Å²) in [6.45, 7) is 3.72. The molecular formula is C13H13NO3. The van der Waals surface area contributed by atoms with Gasteiger partial charge in [0, 0.05) is 0 Å². The lowest BCUT2D eigenvalue weighted by molar-refractivity contribution is -0.138. The molecule has 0 N–H and O–H groups in total. The van der Waals surface area contributed by atoms with Gasteiger partial charge in [-0.3, -0.25) is 0 Å². The van der Waals surface area contributed by atoms with Gasteiger partial charge >= 0.3 is 5.97 Å². The van der Waals surface area contributed by atoms with E-state index in [4.69, 9.17) is 14.4 Å². The monoisotopic (exact) mass is 231 g/mol. The van der Waals surface area contributed by atoms with E-state index >= 15 is 0 Å². The molecule has 0 unspecified atom stereocenters. The van der Waals surface area contributed by atoms with Crippen LogP contribution in [0.15, 0.2) is 40.0 Å². The summed E-state index contributed by atoms with van der Waals surface area (Å²) in [7, 11) is 0. The van der Waals surface area contributed by atoms with Crippen molar-refractivity contribution in [3.05, 3.63) is 41.4 Å². The summed E-state index contributed by atoms with van der Waals surface area (Å²) in [6, 6.07) is 5.36. The lowest BCUT2D eigenvalue weighted by Crippen LogP contribution is -2.06. The maximum atomic E-state index is 11.3. The van der Waals surface area contributed by atoms with Gasteiger partial charge in [0.05, 0.1) is 12.9 Å². The number of rotatable bonds is 4. The third-order valence-electron chi connectivity index (χ3n) is 1.90.